The number of rotatable bonds is 6. The van der Waals surface area contributed by atoms with Gasteiger partial charge in [0.2, 0.25) is 0 Å². The molecule has 1 aromatic rings. The molecule has 5 heteroatoms. The summed E-state index contributed by atoms with van der Waals surface area (Å²) in [6.07, 6.45) is 8.43. The highest BCUT2D eigenvalue weighted by atomic mass is 16.5. The van der Waals surface area contributed by atoms with E-state index in [1.54, 1.807) is 6.20 Å². The summed E-state index contributed by atoms with van der Waals surface area (Å²) >= 11 is 0. The number of hydrogen-bond donors (Lipinski definition) is 1. The Morgan fingerprint density at radius 1 is 1.53 bits per heavy atom. The standard InChI is InChI=1S/C14H23N3O2/c1-3-17-10-11(9-15-17)13(14(18)19-4-2)16-12-7-5-6-8-12/h9-10,12-13,16H,3-8H2,1-2H3. The van der Waals surface area contributed by atoms with E-state index in [0.717, 1.165) is 24.9 Å². The van der Waals surface area contributed by atoms with Crippen molar-refractivity contribution in [1.29, 1.82) is 0 Å². The highest BCUT2D eigenvalue weighted by Gasteiger charge is 2.27. The Morgan fingerprint density at radius 3 is 2.84 bits per heavy atom. The molecule has 1 heterocycles. The largest absolute Gasteiger partial charge is 0.465 e. The van der Waals surface area contributed by atoms with Crippen LogP contribution in [0.15, 0.2) is 12.4 Å². The zero-order chi connectivity index (χ0) is 13.7. The van der Waals surface area contributed by atoms with Gasteiger partial charge in [-0.25, -0.2) is 4.79 Å². The Hall–Kier alpha value is -1.36. The van der Waals surface area contributed by atoms with Crippen molar-refractivity contribution in [2.45, 2.75) is 58.2 Å². The zero-order valence-corrected chi connectivity index (χ0v) is 11.8. The van der Waals surface area contributed by atoms with E-state index in [1.165, 1.54) is 12.8 Å². The summed E-state index contributed by atoms with van der Waals surface area (Å²) in [6, 6.07) is 0.0303. The third kappa shape index (κ3) is 3.56. The average Bonchev–Trinajstić information content (AvgIpc) is 3.07. The minimum absolute atomic E-state index is 0.204. The van der Waals surface area contributed by atoms with Crippen LogP contribution in [0.25, 0.3) is 0 Å². The predicted molar refractivity (Wildman–Crippen MR) is 72.7 cm³/mol. The van der Waals surface area contributed by atoms with E-state index in [9.17, 15) is 4.79 Å². The van der Waals surface area contributed by atoms with E-state index in [4.69, 9.17) is 4.74 Å². The van der Waals surface area contributed by atoms with E-state index in [2.05, 4.69) is 10.4 Å². The van der Waals surface area contributed by atoms with Crippen molar-refractivity contribution in [3.05, 3.63) is 18.0 Å². The molecular formula is C14H23N3O2. The second-order valence-electron chi connectivity index (χ2n) is 4.96. The van der Waals surface area contributed by atoms with Crippen molar-refractivity contribution < 1.29 is 9.53 Å². The minimum Gasteiger partial charge on any atom is -0.465 e. The fraction of sp³-hybridized carbons (Fsp3) is 0.714. The average molecular weight is 265 g/mol. The molecule has 5 nitrogen and oxygen atoms in total. The highest BCUT2D eigenvalue weighted by Crippen LogP contribution is 2.23. The van der Waals surface area contributed by atoms with Crippen molar-refractivity contribution in [3.8, 4) is 0 Å². The van der Waals surface area contributed by atoms with Crippen LogP contribution in [0.3, 0.4) is 0 Å². The van der Waals surface area contributed by atoms with Gasteiger partial charge < -0.3 is 4.74 Å². The molecule has 0 aromatic carbocycles. The molecule has 0 amide bonds. The third-order valence-corrected chi connectivity index (χ3v) is 3.59. The number of ether oxygens (including phenoxy) is 1. The monoisotopic (exact) mass is 265 g/mol. The molecule has 106 valence electrons. The summed E-state index contributed by atoms with van der Waals surface area (Å²) in [5, 5.41) is 7.67. The van der Waals surface area contributed by atoms with Gasteiger partial charge in [-0.15, -0.1) is 0 Å². The summed E-state index contributed by atoms with van der Waals surface area (Å²) in [7, 11) is 0. The molecule has 0 spiro atoms. The molecule has 19 heavy (non-hydrogen) atoms. The number of esters is 1. The van der Waals surface area contributed by atoms with Crippen LogP contribution >= 0.6 is 0 Å². The number of carbonyl (C=O) groups is 1. The summed E-state index contributed by atoms with van der Waals surface area (Å²) < 4.78 is 7.00. The van der Waals surface area contributed by atoms with Gasteiger partial charge in [0.15, 0.2) is 0 Å². The van der Waals surface area contributed by atoms with Gasteiger partial charge >= 0.3 is 5.97 Å². The lowest BCUT2D eigenvalue weighted by Crippen LogP contribution is -2.36. The summed E-state index contributed by atoms with van der Waals surface area (Å²) in [5.74, 6) is -0.204. The SMILES string of the molecule is CCOC(=O)C(NC1CCCC1)c1cnn(CC)c1. The van der Waals surface area contributed by atoms with Crippen LogP contribution in [-0.4, -0.2) is 28.4 Å². The number of hydrogen-bond acceptors (Lipinski definition) is 4. The van der Waals surface area contributed by atoms with E-state index in [0.29, 0.717) is 12.6 Å². The second-order valence-corrected chi connectivity index (χ2v) is 4.96. The van der Waals surface area contributed by atoms with E-state index in [1.807, 2.05) is 24.7 Å². The van der Waals surface area contributed by atoms with Crippen LogP contribution < -0.4 is 5.32 Å². The number of nitrogens with one attached hydrogen (secondary N) is 1. The fourth-order valence-electron chi connectivity index (χ4n) is 2.56. The van der Waals surface area contributed by atoms with Gasteiger partial charge in [0.1, 0.15) is 6.04 Å². The van der Waals surface area contributed by atoms with Crippen LogP contribution in [0.2, 0.25) is 0 Å². The van der Waals surface area contributed by atoms with Gasteiger partial charge in [-0.05, 0) is 26.7 Å². The van der Waals surface area contributed by atoms with Crippen LogP contribution in [-0.2, 0) is 16.1 Å². The van der Waals surface area contributed by atoms with E-state index >= 15 is 0 Å². The van der Waals surface area contributed by atoms with E-state index in [-0.39, 0.29) is 12.0 Å². The summed E-state index contributed by atoms with van der Waals surface area (Å²) in [4.78, 5) is 12.1. The number of aromatic nitrogens is 2. The molecule has 0 radical (unpaired) electrons. The first-order chi connectivity index (χ1) is 9.24. The van der Waals surface area contributed by atoms with Crippen molar-refractivity contribution >= 4 is 5.97 Å². The van der Waals surface area contributed by atoms with E-state index < -0.39 is 0 Å². The first-order valence-electron chi connectivity index (χ1n) is 7.19. The van der Waals surface area contributed by atoms with Crippen LogP contribution in [0.1, 0.15) is 51.1 Å². The lowest BCUT2D eigenvalue weighted by Gasteiger charge is -2.20. The van der Waals surface area contributed by atoms with Crippen LogP contribution in [0.4, 0.5) is 0 Å². The normalized spacial score (nSPS) is 17.6. The minimum atomic E-state index is -0.386. The van der Waals surface area contributed by atoms with Crippen molar-refractivity contribution in [2.75, 3.05) is 6.61 Å². The Morgan fingerprint density at radius 2 is 2.26 bits per heavy atom. The molecule has 0 bridgehead atoms. The molecule has 1 aliphatic rings. The molecular weight excluding hydrogens is 242 g/mol. The highest BCUT2D eigenvalue weighted by molar-refractivity contribution is 5.77. The zero-order valence-electron chi connectivity index (χ0n) is 11.8. The van der Waals surface area contributed by atoms with Crippen molar-refractivity contribution in [3.63, 3.8) is 0 Å². The fourth-order valence-corrected chi connectivity index (χ4v) is 2.56. The van der Waals surface area contributed by atoms with Crippen LogP contribution in [0.5, 0.6) is 0 Å². The molecule has 2 rings (SSSR count). The topological polar surface area (TPSA) is 56.1 Å². The van der Waals surface area contributed by atoms with Crippen molar-refractivity contribution in [2.24, 2.45) is 0 Å². The maximum atomic E-state index is 12.1. The van der Waals surface area contributed by atoms with Gasteiger partial charge in [-0.1, -0.05) is 12.8 Å². The molecule has 1 N–H and O–H groups in total. The van der Waals surface area contributed by atoms with Gasteiger partial charge in [-0.3, -0.25) is 10.00 Å². The summed E-state index contributed by atoms with van der Waals surface area (Å²) in [6.45, 7) is 5.07. The maximum Gasteiger partial charge on any atom is 0.327 e. The first kappa shape index (κ1) is 14.1. The quantitative estimate of drug-likeness (QED) is 0.800. The van der Waals surface area contributed by atoms with Crippen molar-refractivity contribution in [1.82, 2.24) is 15.1 Å². The lowest BCUT2D eigenvalue weighted by atomic mass is 10.1. The molecule has 0 aliphatic heterocycles. The molecule has 1 aromatic heterocycles. The Balaban J connectivity index is 2.10. The van der Waals surface area contributed by atoms with Gasteiger partial charge in [0, 0.05) is 24.3 Å². The number of carbonyl (C=O) groups excluding carboxylic acids is 1. The first-order valence-corrected chi connectivity index (χ1v) is 7.19. The number of aryl methyl sites for hydroxylation is 1. The second kappa shape index (κ2) is 6.70. The van der Waals surface area contributed by atoms with Crippen LogP contribution in [0, 0.1) is 0 Å². The molecule has 1 fully saturated rings. The Bertz CT molecular complexity index is 411. The third-order valence-electron chi connectivity index (χ3n) is 3.59. The molecule has 1 atom stereocenters. The van der Waals surface area contributed by atoms with Gasteiger partial charge in [0.25, 0.3) is 0 Å². The van der Waals surface area contributed by atoms with Gasteiger partial charge in [0.05, 0.1) is 12.8 Å². The van der Waals surface area contributed by atoms with Gasteiger partial charge in [-0.2, -0.15) is 5.10 Å². The Kier molecular flexibility index (Phi) is 4.96. The summed E-state index contributed by atoms with van der Waals surface area (Å²) in [5.41, 5.74) is 0.896. The Labute approximate surface area is 114 Å². The molecule has 1 saturated carbocycles. The smallest absolute Gasteiger partial charge is 0.327 e. The number of nitrogens with zero attached hydrogens (tertiary/aromatic N) is 2. The molecule has 1 aliphatic carbocycles. The molecule has 0 saturated heterocycles. The lowest BCUT2D eigenvalue weighted by molar-refractivity contribution is -0.146. The molecule has 1 unspecified atom stereocenters. The predicted octanol–water partition coefficient (Wildman–Crippen LogP) is 2.04. The maximum absolute atomic E-state index is 12.1.